The molecule has 0 saturated heterocycles. The summed E-state index contributed by atoms with van der Waals surface area (Å²) in [6.45, 7) is 8.64. The van der Waals surface area contributed by atoms with Crippen LogP contribution >= 0.6 is 0 Å². The maximum absolute atomic E-state index is 9.78. The molecule has 0 aliphatic heterocycles. The SMILES string of the molecule is CCC(CO)OC(CO[C-]=O)OC.CCC(CO)OC(CO[C-]=O)OC.CNCCN(C)[C-]=O.NCCN[C-]=O.[Y].[Y]. The zero-order chi connectivity index (χ0) is 31.4. The predicted octanol–water partition coefficient (Wildman–Crippen LogP) is -2.54. The number of aliphatic hydroxyl groups is 2. The van der Waals surface area contributed by atoms with Crippen molar-refractivity contribution in [1.29, 1.82) is 0 Å². The predicted molar refractivity (Wildman–Crippen MR) is 144 cm³/mol. The maximum atomic E-state index is 9.78. The molecular weight excluding hydrogens is 714 g/mol. The summed E-state index contributed by atoms with van der Waals surface area (Å²) in [6, 6.07) is 0. The number of likely N-dealkylation sites (N-methyl/N-ethyl adjacent to an activating group) is 2. The Hall–Kier alpha value is -0.232. The van der Waals surface area contributed by atoms with Crippen molar-refractivity contribution in [3.63, 3.8) is 0 Å². The summed E-state index contributed by atoms with van der Waals surface area (Å²) in [5, 5.41) is 22.8. The van der Waals surface area contributed by atoms with Gasteiger partial charge in [0.25, 0.3) is 0 Å². The first kappa shape index (κ1) is 54.3. The first-order valence-electron chi connectivity index (χ1n) is 12.4. The molecule has 0 rings (SSSR count). The van der Waals surface area contributed by atoms with Gasteiger partial charge in [-0.15, -0.1) is 0 Å². The van der Waals surface area contributed by atoms with Crippen molar-refractivity contribution in [2.45, 2.75) is 51.5 Å². The van der Waals surface area contributed by atoms with Crippen molar-refractivity contribution < 1.29 is 123 Å². The number of nitrogens with two attached hydrogens (primary N) is 1. The van der Waals surface area contributed by atoms with E-state index in [1.807, 2.05) is 20.9 Å². The minimum Gasteiger partial charge on any atom is -0.649 e. The van der Waals surface area contributed by atoms with E-state index in [4.69, 9.17) is 34.9 Å². The van der Waals surface area contributed by atoms with E-state index in [0.717, 1.165) is 13.1 Å². The molecule has 18 heteroatoms. The molecule has 6 N–H and O–H groups in total. The molecule has 2 amide bonds. The van der Waals surface area contributed by atoms with Crippen molar-refractivity contribution in [1.82, 2.24) is 15.5 Å². The molecule has 0 aromatic rings. The Morgan fingerprint density at radius 2 is 1.26 bits per heavy atom. The molecule has 0 bridgehead atoms. The van der Waals surface area contributed by atoms with Crippen LogP contribution in [0.15, 0.2) is 0 Å². The van der Waals surface area contributed by atoms with Crippen LogP contribution < -0.4 is 16.4 Å². The first-order valence-corrected chi connectivity index (χ1v) is 12.4. The van der Waals surface area contributed by atoms with Crippen LogP contribution in [-0.4, -0.2) is 147 Å². The van der Waals surface area contributed by atoms with Crippen LogP contribution in [0.3, 0.4) is 0 Å². The van der Waals surface area contributed by atoms with Gasteiger partial charge in [-0.1, -0.05) is 26.8 Å². The number of carbonyl (C=O) groups excluding carboxylic acids is 4. The number of amides is 2. The smallest absolute Gasteiger partial charge is 0.188 e. The van der Waals surface area contributed by atoms with Gasteiger partial charge in [-0.05, 0) is 33.5 Å². The fourth-order valence-electron chi connectivity index (χ4n) is 1.94. The average molecular weight is 762 g/mol. The van der Waals surface area contributed by atoms with E-state index in [2.05, 4.69) is 20.1 Å². The van der Waals surface area contributed by atoms with Crippen molar-refractivity contribution in [3.8, 4) is 0 Å². The Kier molecular flexibility index (Phi) is 61.6. The molecule has 16 nitrogen and oxygen atoms in total. The molecule has 42 heavy (non-hydrogen) atoms. The number of hydrogen-bond donors (Lipinski definition) is 5. The third-order valence-electron chi connectivity index (χ3n) is 4.28. The van der Waals surface area contributed by atoms with E-state index >= 15 is 0 Å². The Labute approximate surface area is 300 Å². The average Bonchev–Trinajstić information content (AvgIpc) is 3.00. The number of ether oxygens (including phenoxy) is 6. The third-order valence-corrected chi connectivity index (χ3v) is 4.28. The topological polar surface area (TPSA) is 217 Å². The van der Waals surface area contributed by atoms with Gasteiger partial charge in [0.05, 0.1) is 25.4 Å². The van der Waals surface area contributed by atoms with Gasteiger partial charge in [-0.2, -0.15) is 12.8 Å². The van der Waals surface area contributed by atoms with E-state index in [0.29, 0.717) is 25.9 Å². The Balaban J connectivity index is -0.000000106. The third kappa shape index (κ3) is 44.2. The second-order valence-corrected chi connectivity index (χ2v) is 7.25. The fraction of sp³-hybridized carbons (Fsp3) is 0.833. The molecule has 0 aromatic carbocycles. The molecule has 4 atom stereocenters. The largest absolute Gasteiger partial charge is 0.649 e. The Morgan fingerprint density at radius 3 is 1.48 bits per heavy atom. The summed E-state index contributed by atoms with van der Waals surface area (Å²) in [7, 11) is 6.41. The number of aliphatic hydroxyl groups excluding tert-OH is 2. The Bertz CT molecular complexity index is 512. The summed E-state index contributed by atoms with van der Waals surface area (Å²) in [4.78, 5) is 40.0. The van der Waals surface area contributed by atoms with Crippen molar-refractivity contribution in [2.24, 2.45) is 5.73 Å². The summed E-state index contributed by atoms with van der Waals surface area (Å²) in [5.74, 6) is 0. The first-order chi connectivity index (χ1) is 19.3. The van der Waals surface area contributed by atoms with E-state index in [1.165, 1.54) is 38.5 Å². The minimum absolute atomic E-state index is 0. The van der Waals surface area contributed by atoms with Crippen molar-refractivity contribution >= 4 is 25.8 Å². The van der Waals surface area contributed by atoms with E-state index in [1.54, 1.807) is 13.5 Å². The van der Waals surface area contributed by atoms with Crippen LogP contribution in [0, 0.1) is 0 Å². The molecule has 0 saturated carbocycles. The van der Waals surface area contributed by atoms with Crippen LogP contribution in [0.2, 0.25) is 0 Å². The van der Waals surface area contributed by atoms with Crippen LogP contribution in [-0.2, 0) is 113 Å². The van der Waals surface area contributed by atoms with E-state index in [-0.39, 0.29) is 104 Å². The van der Waals surface area contributed by atoms with Gasteiger partial charge in [0.2, 0.25) is 0 Å². The molecule has 246 valence electrons. The molecule has 0 aliphatic carbocycles. The standard InChI is InChI=1S/2C8H15O5.C5H11N2O.C3H7N2O.2Y/c2*1-3-7(4-9)13-8(11-2)5-12-6-10;1-6-3-4-7(2)5-8;4-1-2-5-3-6;;/h2*7-9H,3-5H2,1-2H3;6H,3-4H2,1-2H3;1-2,4H2,(H,5,6);;/q4*-1;;. The quantitative estimate of drug-likeness (QED) is 0.0314. The van der Waals surface area contributed by atoms with Crippen molar-refractivity contribution in [3.05, 3.63) is 0 Å². The van der Waals surface area contributed by atoms with Gasteiger partial charge >= 0.3 is 0 Å². The van der Waals surface area contributed by atoms with Gasteiger partial charge in [0.1, 0.15) is 13.2 Å². The summed E-state index contributed by atoms with van der Waals surface area (Å²) in [5.41, 5.74) is 4.97. The summed E-state index contributed by atoms with van der Waals surface area (Å²) in [6.07, 6.45) is 2.70. The van der Waals surface area contributed by atoms with Crippen LogP contribution in [0.25, 0.3) is 0 Å². The number of hydrogen-bond acceptors (Lipinski definition) is 14. The van der Waals surface area contributed by atoms with Crippen LogP contribution in [0.1, 0.15) is 26.7 Å². The van der Waals surface area contributed by atoms with Gasteiger partial charge in [-0.3, -0.25) is 0 Å². The maximum Gasteiger partial charge on any atom is 0.188 e. The molecular formula is C24H48N4O12Y2-4. The van der Waals surface area contributed by atoms with Crippen LogP contribution in [0.5, 0.6) is 0 Å². The molecule has 0 aromatic heterocycles. The van der Waals surface area contributed by atoms with Gasteiger partial charge in [0.15, 0.2) is 12.6 Å². The van der Waals surface area contributed by atoms with E-state index in [9.17, 15) is 19.2 Å². The van der Waals surface area contributed by atoms with Crippen molar-refractivity contribution in [2.75, 3.05) is 80.9 Å². The molecule has 0 fully saturated rings. The molecule has 4 unspecified atom stereocenters. The van der Waals surface area contributed by atoms with E-state index < -0.39 is 12.6 Å². The van der Waals surface area contributed by atoms with Gasteiger partial charge in [-0.25, -0.2) is 0 Å². The number of methoxy groups -OCH3 is 2. The molecule has 0 aliphatic rings. The molecule has 0 heterocycles. The number of nitrogens with zero attached hydrogens (tertiary/aromatic N) is 1. The fourth-order valence-corrected chi connectivity index (χ4v) is 1.94. The molecule has 0 spiro atoms. The van der Waals surface area contributed by atoms with Gasteiger partial charge < -0.3 is 79.1 Å². The second-order valence-electron chi connectivity index (χ2n) is 7.25. The minimum atomic E-state index is -0.640. The van der Waals surface area contributed by atoms with Gasteiger partial charge in [0, 0.05) is 99.3 Å². The summed E-state index contributed by atoms with van der Waals surface area (Å²) < 4.78 is 28.8. The molecule has 2 radical (unpaired) electrons. The van der Waals surface area contributed by atoms with Crippen LogP contribution in [0.4, 0.5) is 0 Å². The Morgan fingerprint density at radius 1 is 0.833 bits per heavy atom. The number of nitrogens with one attached hydrogen (secondary N) is 2. The second kappa shape index (κ2) is 47.7. The zero-order valence-corrected chi connectivity index (χ0v) is 31.2. The zero-order valence-electron chi connectivity index (χ0n) is 25.5. The number of rotatable bonds is 23. The summed E-state index contributed by atoms with van der Waals surface area (Å²) >= 11 is 0. The normalized spacial score (nSPS) is 12.0. The monoisotopic (exact) mass is 762 g/mol.